The minimum absolute atomic E-state index is 0.0123. The number of amides is 1. The van der Waals surface area contributed by atoms with Crippen LogP contribution in [0.25, 0.3) is 0 Å². The molecule has 4 bridgehead atoms. The van der Waals surface area contributed by atoms with Crippen LogP contribution in [-0.2, 0) is 6.42 Å². The van der Waals surface area contributed by atoms with Crippen LogP contribution in [0.4, 0.5) is 11.4 Å². The molecule has 0 saturated heterocycles. The number of nitrogens with zero attached hydrogens (tertiary/aromatic N) is 1. The number of hydrogen-bond acceptors (Lipinski definition) is 1. The Bertz CT molecular complexity index is 759. The van der Waals surface area contributed by atoms with Gasteiger partial charge in [0.25, 0.3) is 5.91 Å². The first kappa shape index (κ1) is 12.8. The zero-order valence-electron chi connectivity index (χ0n) is 12.1. The lowest BCUT2D eigenvalue weighted by Gasteiger charge is -2.25. The molecule has 7 rings (SSSR count). The summed E-state index contributed by atoms with van der Waals surface area (Å²) in [4.78, 5) is 14.7. The van der Waals surface area contributed by atoms with Gasteiger partial charge in [0, 0.05) is 16.9 Å². The van der Waals surface area contributed by atoms with Crippen LogP contribution in [0.15, 0.2) is 78.9 Å². The molecule has 3 aromatic carbocycles. The summed E-state index contributed by atoms with van der Waals surface area (Å²) in [7, 11) is 0. The Morgan fingerprint density at radius 2 is 1.18 bits per heavy atom. The minimum Gasteiger partial charge on any atom is -0.277 e. The number of carbonyl (C=O) groups excluding carboxylic acids is 1. The van der Waals surface area contributed by atoms with Crippen molar-refractivity contribution in [3.05, 3.63) is 95.6 Å². The average Bonchev–Trinajstić information content (AvgIpc) is 2.60. The molecular weight excluding hydrogens is 270 g/mol. The van der Waals surface area contributed by atoms with E-state index in [1.165, 1.54) is 11.1 Å². The first-order valence-electron chi connectivity index (χ1n) is 7.39. The molecule has 0 spiro atoms. The maximum atomic E-state index is 13.0. The molecule has 22 heavy (non-hydrogen) atoms. The van der Waals surface area contributed by atoms with Crippen molar-refractivity contribution in [2.24, 2.45) is 0 Å². The van der Waals surface area contributed by atoms with Gasteiger partial charge in [-0.3, -0.25) is 9.69 Å². The quantitative estimate of drug-likeness (QED) is 0.641. The first-order valence-corrected chi connectivity index (χ1v) is 7.39. The second kappa shape index (κ2) is 5.15. The van der Waals surface area contributed by atoms with Gasteiger partial charge in [-0.05, 0) is 53.9 Å². The van der Waals surface area contributed by atoms with Crippen LogP contribution in [0, 0.1) is 0 Å². The minimum atomic E-state index is -0.0123. The summed E-state index contributed by atoms with van der Waals surface area (Å²) >= 11 is 0. The van der Waals surface area contributed by atoms with Crippen molar-refractivity contribution in [2.45, 2.75) is 6.42 Å². The maximum absolute atomic E-state index is 13.0. The summed E-state index contributed by atoms with van der Waals surface area (Å²) in [6.45, 7) is 0. The zero-order valence-corrected chi connectivity index (χ0v) is 12.1. The van der Waals surface area contributed by atoms with Crippen molar-refractivity contribution < 1.29 is 4.79 Å². The lowest BCUT2D eigenvalue weighted by Crippen LogP contribution is -2.26. The van der Waals surface area contributed by atoms with E-state index in [-0.39, 0.29) is 5.91 Å². The number of benzene rings is 3. The summed E-state index contributed by atoms with van der Waals surface area (Å²) in [5, 5.41) is 0. The molecule has 4 aliphatic heterocycles. The van der Waals surface area contributed by atoms with Crippen LogP contribution >= 0.6 is 0 Å². The Morgan fingerprint density at radius 3 is 1.68 bits per heavy atom. The predicted octanol–water partition coefficient (Wildman–Crippen LogP) is 4.57. The van der Waals surface area contributed by atoms with Crippen LogP contribution < -0.4 is 4.90 Å². The van der Waals surface area contributed by atoms with Gasteiger partial charge in [-0.15, -0.1) is 0 Å². The Morgan fingerprint density at radius 1 is 0.682 bits per heavy atom. The number of anilines is 2. The average molecular weight is 285 g/mol. The van der Waals surface area contributed by atoms with Crippen molar-refractivity contribution in [1.29, 1.82) is 0 Å². The largest absolute Gasteiger partial charge is 0.277 e. The monoisotopic (exact) mass is 285 g/mol. The molecule has 4 heterocycles. The molecule has 0 saturated carbocycles. The van der Waals surface area contributed by atoms with E-state index in [1.54, 1.807) is 4.90 Å². The van der Waals surface area contributed by atoms with Gasteiger partial charge in [0.2, 0.25) is 0 Å². The lowest BCUT2D eigenvalue weighted by atomic mass is 10.0. The van der Waals surface area contributed by atoms with Crippen LogP contribution in [0.5, 0.6) is 0 Å². The summed E-state index contributed by atoms with van der Waals surface area (Å²) in [6.07, 6.45) is 0.924. The van der Waals surface area contributed by atoms with Gasteiger partial charge in [-0.1, -0.05) is 42.5 Å². The van der Waals surface area contributed by atoms with Gasteiger partial charge in [-0.25, -0.2) is 0 Å². The Hall–Kier alpha value is -2.87. The Balaban J connectivity index is 1.88. The first-order chi connectivity index (χ1) is 10.8. The molecule has 0 atom stereocenters. The van der Waals surface area contributed by atoms with Gasteiger partial charge in [0.15, 0.2) is 0 Å². The fraction of sp³-hybridized carbons (Fsp3) is 0.0500. The van der Waals surface area contributed by atoms with E-state index >= 15 is 0 Å². The van der Waals surface area contributed by atoms with E-state index in [0.717, 1.165) is 17.8 Å². The van der Waals surface area contributed by atoms with Crippen LogP contribution in [0.2, 0.25) is 0 Å². The van der Waals surface area contributed by atoms with Crippen molar-refractivity contribution in [3.63, 3.8) is 0 Å². The molecule has 2 heteroatoms. The SMILES string of the molecule is O=C(c1ccccc1)N1c2ccc(cc2)Cc2ccc1cc2. The van der Waals surface area contributed by atoms with Gasteiger partial charge < -0.3 is 0 Å². The normalized spacial score (nSPS) is 12.5. The fourth-order valence-electron chi connectivity index (χ4n) is 2.85. The second-order valence-corrected chi connectivity index (χ2v) is 5.52. The van der Waals surface area contributed by atoms with E-state index in [9.17, 15) is 4.79 Å². The van der Waals surface area contributed by atoms with E-state index < -0.39 is 0 Å². The van der Waals surface area contributed by atoms with Crippen LogP contribution in [-0.4, -0.2) is 5.91 Å². The molecule has 0 radical (unpaired) electrons. The van der Waals surface area contributed by atoms with E-state index in [2.05, 4.69) is 24.3 Å². The molecule has 0 aliphatic carbocycles. The molecular formula is C20H15NO. The van der Waals surface area contributed by atoms with E-state index in [4.69, 9.17) is 0 Å². The molecule has 3 aromatic rings. The third-order valence-corrected chi connectivity index (χ3v) is 4.02. The highest BCUT2D eigenvalue weighted by molar-refractivity contribution is 6.10. The number of hydrogen-bond donors (Lipinski definition) is 0. The van der Waals surface area contributed by atoms with Crippen LogP contribution in [0.1, 0.15) is 21.5 Å². The molecule has 1 amide bonds. The number of rotatable bonds is 1. The fourth-order valence-corrected chi connectivity index (χ4v) is 2.85. The van der Waals surface area contributed by atoms with Gasteiger partial charge in [-0.2, -0.15) is 0 Å². The smallest absolute Gasteiger partial charge is 0.262 e. The molecule has 4 aliphatic rings. The van der Waals surface area contributed by atoms with Gasteiger partial charge in [0.05, 0.1) is 0 Å². The summed E-state index contributed by atoms with van der Waals surface area (Å²) < 4.78 is 0. The topological polar surface area (TPSA) is 20.3 Å². The molecule has 0 unspecified atom stereocenters. The third-order valence-electron chi connectivity index (χ3n) is 4.02. The summed E-state index contributed by atoms with van der Waals surface area (Å²) in [6, 6.07) is 25.9. The Kier molecular flexibility index (Phi) is 3.01. The highest BCUT2D eigenvalue weighted by Gasteiger charge is 2.20. The van der Waals surface area contributed by atoms with Crippen molar-refractivity contribution in [3.8, 4) is 0 Å². The highest BCUT2D eigenvalue weighted by Crippen LogP contribution is 2.30. The van der Waals surface area contributed by atoms with E-state index in [1.807, 2.05) is 54.6 Å². The third kappa shape index (κ3) is 2.19. The second-order valence-electron chi connectivity index (χ2n) is 5.52. The highest BCUT2D eigenvalue weighted by atomic mass is 16.2. The molecule has 0 N–H and O–H groups in total. The summed E-state index contributed by atoms with van der Waals surface area (Å²) in [5.74, 6) is -0.0123. The summed E-state index contributed by atoms with van der Waals surface area (Å²) in [5.41, 5.74) is 4.99. The number of carbonyl (C=O) groups is 1. The molecule has 106 valence electrons. The van der Waals surface area contributed by atoms with E-state index in [0.29, 0.717) is 5.56 Å². The van der Waals surface area contributed by atoms with Gasteiger partial charge >= 0.3 is 0 Å². The van der Waals surface area contributed by atoms with Gasteiger partial charge in [0.1, 0.15) is 0 Å². The zero-order chi connectivity index (χ0) is 14.9. The predicted molar refractivity (Wildman–Crippen MR) is 88.6 cm³/mol. The van der Waals surface area contributed by atoms with Crippen molar-refractivity contribution in [1.82, 2.24) is 0 Å². The standard InChI is InChI=1S/C20H15NO/c22-20(17-4-2-1-3-5-17)21-18-10-6-15(7-11-18)14-16-8-12-19(21)13-9-16/h1-13H,14H2. The molecule has 0 fully saturated rings. The van der Waals surface area contributed by atoms with Crippen molar-refractivity contribution >= 4 is 17.3 Å². The maximum Gasteiger partial charge on any atom is 0.262 e. The Labute approximate surface area is 129 Å². The molecule has 0 aromatic heterocycles. The lowest BCUT2D eigenvalue weighted by molar-refractivity contribution is 0.0999. The van der Waals surface area contributed by atoms with Crippen molar-refractivity contribution in [2.75, 3.05) is 4.90 Å². The molecule has 2 nitrogen and oxygen atoms in total. The van der Waals surface area contributed by atoms with Crippen LogP contribution in [0.3, 0.4) is 0 Å².